The molecule has 1 atom stereocenters. The van der Waals surface area contributed by atoms with Crippen molar-refractivity contribution in [3.05, 3.63) is 66.4 Å². The van der Waals surface area contributed by atoms with Crippen LogP contribution in [0.1, 0.15) is 18.4 Å². The van der Waals surface area contributed by atoms with E-state index in [-0.39, 0.29) is 11.8 Å². The summed E-state index contributed by atoms with van der Waals surface area (Å²) in [7, 11) is 0. The normalized spacial score (nSPS) is 17.0. The molecule has 2 N–H and O–H groups in total. The Morgan fingerprint density at radius 1 is 1.12 bits per heavy atom. The van der Waals surface area contributed by atoms with Crippen molar-refractivity contribution in [1.29, 1.82) is 0 Å². The fourth-order valence-electron chi connectivity index (χ4n) is 3.62. The Hall–Kier alpha value is -3.08. The molecule has 1 aliphatic heterocycles. The highest BCUT2D eigenvalue weighted by Gasteiger charge is 2.36. The summed E-state index contributed by atoms with van der Waals surface area (Å²) in [5.41, 5.74) is 3.07. The van der Waals surface area contributed by atoms with E-state index in [2.05, 4.69) is 16.4 Å². The third-order valence-electron chi connectivity index (χ3n) is 4.92. The lowest BCUT2D eigenvalue weighted by Gasteiger charge is -2.24. The van der Waals surface area contributed by atoms with E-state index in [1.54, 1.807) is 4.90 Å². The minimum atomic E-state index is -0.423. The van der Waals surface area contributed by atoms with Gasteiger partial charge in [0.15, 0.2) is 0 Å². The largest absolute Gasteiger partial charge is 0.361 e. The van der Waals surface area contributed by atoms with Gasteiger partial charge in [0.1, 0.15) is 6.04 Å². The molecule has 4 rings (SSSR count). The van der Waals surface area contributed by atoms with Crippen LogP contribution in [0.5, 0.6) is 0 Å². The smallest absolute Gasteiger partial charge is 0.243 e. The van der Waals surface area contributed by atoms with Gasteiger partial charge in [0.25, 0.3) is 0 Å². The summed E-state index contributed by atoms with van der Waals surface area (Å²) in [6.45, 7) is 0.550. The molecule has 0 bridgehead atoms. The van der Waals surface area contributed by atoms with E-state index in [1.165, 1.54) is 10.9 Å². The first-order valence-electron chi connectivity index (χ1n) is 8.94. The van der Waals surface area contributed by atoms with Crippen molar-refractivity contribution in [3.63, 3.8) is 0 Å². The molecule has 1 aromatic heterocycles. The van der Waals surface area contributed by atoms with Gasteiger partial charge < -0.3 is 10.3 Å². The van der Waals surface area contributed by atoms with Gasteiger partial charge in [0.2, 0.25) is 11.8 Å². The Morgan fingerprint density at radius 3 is 2.73 bits per heavy atom. The van der Waals surface area contributed by atoms with Crippen LogP contribution in [0.4, 0.5) is 5.69 Å². The average molecular weight is 347 g/mol. The van der Waals surface area contributed by atoms with Crippen molar-refractivity contribution in [1.82, 2.24) is 10.3 Å². The molecule has 0 radical (unpaired) electrons. The van der Waals surface area contributed by atoms with Crippen LogP contribution in [0.15, 0.2) is 60.8 Å². The van der Waals surface area contributed by atoms with Crippen molar-refractivity contribution < 1.29 is 9.59 Å². The predicted octanol–water partition coefficient (Wildman–Crippen LogP) is 3.02. The summed E-state index contributed by atoms with van der Waals surface area (Å²) in [6.07, 6.45) is 3.72. The SMILES string of the molecule is O=C(NCCc1c[nH]c2ccccc12)C1CCC(=O)N1c1ccccc1. The lowest BCUT2D eigenvalue weighted by atomic mass is 10.1. The second-order valence-electron chi connectivity index (χ2n) is 6.55. The number of amides is 2. The number of benzene rings is 2. The van der Waals surface area contributed by atoms with Crippen LogP contribution in [-0.2, 0) is 16.0 Å². The molecule has 3 aromatic rings. The number of nitrogens with zero attached hydrogens (tertiary/aromatic N) is 1. The van der Waals surface area contributed by atoms with Crippen LogP contribution in [0.25, 0.3) is 10.9 Å². The number of fused-ring (bicyclic) bond motifs is 1. The Balaban J connectivity index is 1.40. The number of hydrogen-bond acceptors (Lipinski definition) is 2. The number of carbonyl (C=O) groups excluding carboxylic acids is 2. The van der Waals surface area contributed by atoms with Gasteiger partial charge in [-0.2, -0.15) is 0 Å². The minimum absolute atomic E-state index is 0.00739. The van der Waals surface area contributed by atoms with E-state index in [0.29, 0.717) is 19.4 Å². The number of nitrogens with one attached hydrogen (secondary N) is 2. The van der Waals surface area contributed by atoms with Crippen LogP contribution in [0, 0.1) is 0 Å². The number of aromatic nitrogens is 1. The number of hydrogen-bond donors (Lipinski definition) is 2. The van der Waals surface area contributed by atoms with Gasteiger partial charge in [0, 0.05) is 35.8 Å². The fraction of sp³-hybridized carbons (Fsp3) is 0.238. The molecule has 1 aliphatic rings. The van der Waals surface area contributed by atoms with Gasteiger partial charge in [-0.05, 0) is 36.6 Å². The average Bonchev–Trinajstić information content (AvgIpc) is 3.26. The molecule has 5 heteroatoms. The van der Waals surface area contributed by atoms with Gasteiger partial charge in [0.05, 0.1) is 0 Å². The third kappa shape index (κ3) is 3.08. The molecule has 1 fully saturated rings. The summed E-state index contributed by atoms with van der Waals surface area (Å²) >= 11 is 0. The monoisotopic (exact) mass is 347 g/mol. The van der Waals surface area contributed by atoms with E-state index < -0.39 is 6.04 Å². The van der Waals surface area contributed by atoms with Crippen LogP contribution >= 0.6 is 0 Å². The highest BCUT2D eigenvalue weighted by atomic mass is 16.2. The molecule has 1 unspecified atom stereocenters. The lowest BCUT2D eigenvalue weighted by Crippen LogP contribution is -2.45. The van der Waals surface area contributed by atoms with Crippen molar-refractivity contribution in [3.8, 4) is 0 Å². The van der Waals surface area contributed by atoms with Gasteiger partial charge in [-0.15, -0.1) is 0 Å². The molecule has 2 aromatic carbocycles. The molecule has 132 valence electrons. The Bertz CT molecular complexity index is 933. The highest BCUT2D eigenvalue weighted by molar-refractivity contribution is 6.03. The number of carbonyl (C=O) groups is 2. The highest BCUT2D eigenvalue weighted by Crippen LogP contribution is 2.26. The first-order valence-corrected chi connectivity index (χ1v) is 8.94. The quantitative estimate of drug-likeness (QED) is 0.745. The minimum Gasteiger partial charge on any atom is -0.361 e. The van der Waals surface area contributed by atoms with Gasteiger partial charge in [-0.1, -0.05) is 36.4 Å². The van der Waals surface area contributed by atoms with Crippen molar-refractivity contribution in [2.24, 2.45) is 0 Å². The zero-order valence-electron chi connectivity index (χ0n) is 14.4. The van der Waals surface area contributed by atoms with Gasteiger partial charge in [-0.3, -0.25) is 14.5 Å². The fourth-order valence-corrected chi connectivity index (χ4v) is 3.62. The molecular formula is C21H21N3O2. The van der Waals surface area contributed by atoms with Crippen LogP contribution in [0.2, 0.25) is 0 Å². The second kappa shape index (κ2) is 7.04. The Morgan fingerprint density at radius 2 is 1.88 bits per heavy atom. The Labute approximate surface area is 152 Å². The van der Waals surface area contributed by atoms with Crippen LogP contribution in [0.3, 0.4) is 0 Å². The summed E-state index contributed by atoms with van der Waals surface area (Å²) in [5.74, 6) is -0.0764. The van der Waals surface area contributed by atoms with E-state index in [9.17, 15) is 9.59 Å². The van der Waals surface area contributed by atoms with E-state index >= 15 is 0 Å². The number of anilines is 1. The van der Waals surface area contributed by atoms with E-state index in [4.69, 9.17) is 0 Å². The summed E-state index contributed by atoms with van der Waals surface area (Å²) < 4.78 is 0. The predicted molar refractivity (Wildman–Crippen MR) is 102 cm³/mol. The van der Waals surface area contributed by atoms with Crippen molar-refractivity contribution in [2.45, 2.75) is 25.3 Å². The van der Waals surface area contributed by atoms with Crippen molar-refractivity contribution in [2.75, 3.05) is 11.4 Å². The molecule has 1 saturated heterocycles. The molecule has 26 heavy (non-hydrogen) atoms. The summed E-state index contributed by atoms with van der Waals surface area (Å²) in [5, 5.41) is 4.19. The van der Waals surface area contributed by atoms with E-state index in [0.717, 1.165) is 17.6 Å². The number of aromatic amines is 1. The summed E-state index contributed by atoms with van der Waals surface area (Å²) in [6, 6.07) is 17.1. The van der Waals surface area contributed by atoms with E-state index in [1.807, 2.05) is 54.7 Å². The molecule has 0 saturated carbocycles. The zero-order chi connectivity index (χ0) is 17.9. The molecular weight excluding hydrogens is 326 g/mol. The third-order valence-corrected chi connectivity index (χ3v) is 4.92. The summed E-state index contributed by atoms with van der Waals surface area (Å²) in [4.78, 5) is 29.8. The Kier molecular flexibility index (Phi) is 4.44. The maximum absolute atomic E-state index is 12.7. The standard InChI is InChI=1S/C21H21N3O2/c25-20-11-10-19(24(20)16-6-2-1-3-7-16)21(26)22-13-12-15-14-23-18-9-5-4-8-17(15)18/h1-9,14,19,23H,10-13H2,(H,22,26). The molecule has 2 heterocycles. The number of para-hydroxylation sites is 2. The zero-order valence-corrected chi connectivity index (χ0v) is 14.4. The van der Waals surface area contributed by atoms with Gasteiger partial charge >= 0.3 is 0 Å². The molecule has 0 spiro atoms. The van der Waals surface area contributed by atoms with Crippen LogP contribution in [-0.4, -0.2) is 29.4 Å². The van der Waals surface area contributed by atoms with Gasteiger partial charge in [-0.25, -0.2) is 0 Å². The number of H-pyrrole nitrogens is 1. The lowest BCUT2D eigenvalue weighted by molar-refractivity contribution is -0.123. The van der Waals surface area contributed by atoms with Crippen LogP contribution < -0.4 is 10.2 Å². The number of rotatable bonds is 5. The molecule has 2 amide bonds. The van der Waals surface area contributed by atoms with Crippen molar-refractivity contribution >= 4 is 28.4 Å². The second-order valence-corrected chi connectivity index (χ2v) is 6.55. The first kappa shape index (κ1) is 16.4. The maximum Gasteiger partial charge on any atom is 0.243 e. The molecule has 5 nitrogen and oxygen atoms in total. The topological polar surface area (TPSA) is 65.2 Å². The maximum atomic E-state index is 12.7. The first-order chi connectivity index (χ1) is 12.7. The molecule has 0 aliphatic carbocycles.